The fraction of sp³-hybridized carbons (Fsp3) is 0.227. The summed E-state index contributed by atoms with van der Waals surface area (Å²) in [5.74, 6) is -0.277. The third kappa shape index (κ3) is 3.82. The van der Waals surface area contributed by atoms with Gasteiger partial charge in [-0.3, -0.25) is 9.78 Å². The predicted octanol–water partition coefficient (Wildman–Crippen LogP) is 4.12. The molecule has 1 amide bonds. The minimum Gasteiger partial charge on any atom is -0.317 e. The molecular formula is C22H24N4O. The SMILES string of the molecule is CCc1cccc(C)c1-n1c(C)cc(/C=N\NC(=O)c2cccnc2)c1C. The van der Waals surface area contributed by atoms with E-state index < -0.39 is 0 Å². The molecule has 3 aromatic rings. The highest BCUT2D eigenvalue weighted by Gasteiger charge is 2.14. The van der Waals surface area contributed by atoms with Gasteiger partial charge in [-0.25, -0.2) is 5.43 Å². The normalized spacial score (nSPS) is 11.1. The van der Waals surface area contributed by atoms with E-state index in [-0.39, 0.29) is 5.91 Å². The second-order valence-corrected chi connectivity index (χ2v) is 6.54. The maximum atomic E-state index is 12.1. The van der Waals surface area contributed by atoms with E-state index in [4.69, 9.17) is 0 Å². The molecule has 0 fully saturated rings. The van der Waals surface area contributed by atoms with Crippen molar-refractivity contribution in [3.8, 4) is 5.69 Å². The number of carbonyl (C=O) groups excluding carboxylic acids is 1. The first-order valence-electron chi connectivity index (χ1n) is 9.04. The summed E-state index contributed by atoms with van der Waals surface area (Å²) in [4.78, 5) is 16.0. The first-order chi connectivity index (χ1) is 13.0. The van der Waals surface area contributed by atoms with Crippen molar-refractivity contribution in [1.29, 1.82) is 0 Å². The van der Waals surface area contributed by atoms with Crippen LogP contribution in [0.15, 0.2) is 53.9 Å². The Hall–Kier alpha value is -3.21. The molecule has 0 spiro atoms. The van der Waals surface area contributed by atoms with E-state index in [9.17, 15) is 4.79 Å². The van der Waals surface area contributed by atoms with Crippen molar-refractivity contribution in [2.45, 2.75) is 34.1 Å². The van der Waals surface area contributed by atoms with Crippen molar-refractivity contribution in [3.63, 3.8) is 0 Å². The van der Waals surface area contributed by atoms with Crippen LogP contribution in [0.1, 0.15) is 45.4 Å². The van der Waals surface area contributed by atoms with Gasteiger partial charge in [-0.1, -0.05) is 25.1 Å². The molecule has 2 heterocycles. The second-order valence-electron chi connectivity index (χ2n) is 6.54. The van der Waals surface area contributed by atoms with Gasteiger partial charge in [0.15, 0.2) is 0 Å². The second kappa shape index (κ2) is 7.99. The monoisotopic (exact) mass is 360 g/mol. The lowest BCUT2D eigenvalue weighted by atomic mass is 10.1. The zero-order valence-electron chi connectivity index (χ0n) is 16.2. The predicted molar refractivity (Wildman–Crippen MR) is 109 cm³/mol. The molecule has 0 unspecified atom stereocenters. The number of pyridine rings is 1. The topological polar surface area (TPSA) is 59.3 Å². The van der Waals surface area contributed by atoms with Gasteiger partial charge in [0.25, 0.3) is 5.91 Å². The average molecular weight is 360 g/mol. The molecule has 27 heavy (non-hydrogen) atoms. The average Bonchev–Trinajstić information content (AvgIpc) is 2.95. The molecule has 0 saturated carbocycles. The molecule has 0 atom stereocenters. The van der Waals surface area contributed by atoms with Gasteiger partial charge < -0.3 is 4.57 Å². The molecule has 2 aromatic heterocycles. The smallest absolute Gasteiger partial charge is 0.272 e. The molecule has 0 aliphatic rings. The van der Waals surface area contributed by atoms with Crippen molar-refractivity contribution >= 4 is 12.1 Å². The fourth-order valence-electron chi connectivity index (χ4n) is 3.31. The van der Waals surface area contributed by atoms with Gasteiger partial charge in [0.05, 0.1) is 17.5 Å². The number of hydrogen-bond donors (Lipinski definition) is 1. The summed E-state index contributed by atoms with van der Waals surface area (Å²) in [6.07, 6.45) is 5.81. The summed E-state index contributed by atoms with van der Waals surface area (Å²) in [5.41, 5.74) is 10.0. The molecular weight excluding hydrogens is 336 g/mol. The third-order valence-electron chi connectivity index (χ3n) is 4.69. The lowest BCUT2D eigenvalue weighted by Crippen LogP contribution is -2.17. The third-order valence-corrected chi connectivity index (χ3v) is 4.69. The number of aryl methyl sites for hydroxylation is 3. The summed E-state index contributed by atoms with van der Waals surface area (Å²) in [6, 6.07) is 11.9. The van der Waals surface area contributed by atoms with E-state index in [1.54, 1.807) is 24.5 Å². The summed E-state index contributed by atoms with van der Waals surface area (Å²) in [7, 11) is 0. The van der Waals surface area contributed by atoms with E-state index in [1.165, 1.54) is 23.0 Å². The first-order valence-corrected chi connectivity index (χ1v) is 9.04. The number of amides is 1. The summed E-state index contributed by atoms with van der Waals surface area (Å²) >= 11 is 0. The summed E-state index contributed by atoms with van der Waals surface area (Å²) in [6.45, 7) is 8.46. The number of nitrogens with one attached hydrogen (secondary N) is 1. The van der Waals surface area contributed by atoms with Crippen molar-refractivity contribution in [3.05, 3.63) is 82.4 Å². The fourth-order valence-corrected chi connectivity index (χ4v) is 3.31. The molecule has 5 nitrogen and oxygen atoms in total. The van der Waals surface area contributed by atoms with Gasteiger partial charge in [0.2, 0.25) is 0 Å². The molecule has 1 aromatic carbocycles. The quantitative estimate of drug-likeness (QED) is 0.549. The van der Waals surface area contributed by atoms with Crippen LogP contribution in [0, 0.1) is 20.8 Å². The molecule has 0 aliphatic heterocycles. The number of rotatable bonds is 5. The lowest BCUT2D eigenvalue weighted by Gasteiger charge is -2.17. The number of aromatic nitrogens is 2. The molecule has 138 valence electrons. The van der Waals surface area contributed by atoms with E-state index in [0.717, 1.165) is 23.4 Å². The van der Waals surface area contributed by atoms with Crippen molar-refractivity contribution < 1.29 is 4.79 Å². The Kier molecular flexibility index (Phi) is 5.50. The standard InChI is InChI=1S/C22H24N4O/c1-5-18-9-6-8-15(2)21(18)26-16(3)12-20(17(26)4)14-24-25-22(27)19-10-7-11-23-13-19/h6-14H,5H2,1-4H3,(H,25,27)/b24-14-. The number of hydrogen-bond acceptors (Lipinski definition) is 3. The molecule has 3 rings (SSSR count). The number of carbonyl (C=O) groups is 1. The van der Waals surface area contributed by atoms with E-state index >= 15 is 0 Å². The van der Waals surface area contributed by atoms with Crippen LogP contribution >= 0.6 is 0 Å². The van der Waals surface area contributed by atoms with Crippen LogP contribution in [0.2, 0.25) is 0 Å². The highest BCUT2D eigenvalue weighted by atomic mass is 16.2. The minimum absolute atomic E-state index is 0.277. The van der Waals surface area contributed by atoms with Crippen molar-refractivity contribution in [2.24, 2.45) is 5.10 Å². The van der Waals surface area contributed by atoms with Crippen LogP contribution in [0.4, 0.5) is 0 Å². The van der Waals surface area contributed by atoms with Gasteiger partial charge in [0, 0.05) is 29.3 Å². The number of hydrazone groups is 1. The maximum Gasteiger partial charge on any atom is 0.272 e. The molecule has 1 N–H and O–H groups in total. The van der Waals surface area contributed by atoms with Crippen molar-refractivity contribution in [2.75, 3.05) is 0 Å². The van der Waals surface area contributed by atoms with Crippen LogP contribution in [0.25, 0.3) is 5.69 Å². The molecule has 0 aliphatic carbocycles. The number of benzene rings is 1. The minimum atomic E-state index is -0.277. The van der Waals surface area contributed by atoms with Crippen LogP contribution in [0.5, 0.6) is 0 Å². The first kappa shape index (κ1) is 18.6. The highest BCUT2D eigenvalue weighted by Crippen LogP contribution is 2.26. The summed E-state index contributed by atoms with van der Waals surface area (Å²) < 4.78 is 2.26. The van der Waals surface area contributed by atoms with Crippen LogP contribution < -0.4 is 5.43 Å². The zero-order chi connectivity index (χ0) is 19.4. The Balaban J connectivity index is 1.88. The van der Waals surface area contributed by atoms with Gasteiger partial charge in [-0.2, -0.15) is 5.10 Å². The Morgan fingerprint density at radius 2 is 2.04 bits per heavy atom. The van der Waals surface area contributed by atoms with E-state index in [0.29, 0.717) is 5.56 Å². The van der Waals surface area contributed by atoms with Gasteiger partial charge in [-0.05, 0) is 56.5 Å². The Bertz CT molecular complexity index is 987. The number of para-hydroxylation sites is 1. The maximum absolute atomic E-state index is 12.1. The highest BCUT2D eigenvalue weighted by molar-refractivity contribution is 5.94. The van der Waals surface area contributed by atoms with Crippen LogP contribution in [-0.4, -0.2) is 21.7 Å². The molecule has 0 saturated heterocycles. The lowest BCUT2D eigenvalue weighted by molar-refractivity contribution is 0.0955. The van der Waals surface area contributed by atoms with Crippen LogP contribution in [-0.2, 0) is 6.42 Å². The van der Waals surface area contributed by atoms with E-state index in [2.05, 4.69) is 72.0 Å². The number of nitrogens with zero attached hydrogens (tertiary/aromatic N) is 3. The largest absolute Gasteiger partial charge is 0.317 e. The Labute approximate surface area is 159 Å². The van der Waals surface area contributed by atoms with Gasteiger partial charge >= 0.3 is 0 Å². The van der Waals surface area contributed by atoms with Gasteiger partial charge in [-0.15, -0.1) is 0 Å². The molecule has 0 bridgehead atoms. The molecule has 5 heteroatoms. The Morgan fingerprint density at radius 1 is 1.22 bits per heavy atom. The van der Waals surface area contributed by atoms with Crippen molar-refractivity contribution in [1.82, 2.24) is 15.0 Å². The van der Waals surface area contributed by atoms with E-state index in [1.807, 2.05) is 0 Å². The molecule has 0 radical (unpaired) electrons. The Morgan fingerprint density at radius 3 is 2.74 bits per heavy atom. The van der Waals surface area contributed by atoms with Gasteiger partial charge in [0.1, 0.15) is 0 Å². The zero-order valence-corrected chi connectivity index (χ0v) is 16.2. The van der Waals surface area contributed by atoms with Crippen LogP contribution in [0.3, 0.4) is 0 Å². The summed E-state index contributed by atoms with van der Waals surface area (Å²) in [5, 5.41) is 4.13.